The highest BCUT2D eigenvalue weighted by molar-refractivity contribution is 7.16. The van der Waals surface area contributed by atoms with Gasteiger partial charge in [-0.3, -0.25) is 0 Å². The third-order valence-electron chi connectivity index (χ3n) is 3.59. The lowest BCUT2D eigenvalue weighted by atomic mass is 9.87. The number of amides is 2. The Morgan fingerprint density at radius 1 is 1.40 bits per heavy atom. The molecule has 2 atom stereocenters. The Labute approximate surface area is 128 Å². The van der Waals surface area contributed by atoms with Crippen molar-refractivity contribution >= 4 is 29.0 Å². The molecule has 6 heteroatoms. The van der Waals surface area contributed by atoms with Gasteiger partial charge in [0.1, 0.15) is 0 Å². The zero-order valence-electron chi connectivity index (χ0n) is 11.4. The molecule has 0 saturated heterocycles. The molecule has 2 unspecified atom stereocenters. The van der Waals surface area contributed by atoms with E-state index in [-0.39, 0.29) is 12.1 Å². The van der Waals surface area contributed by atoms with E-state index in [0.717, 1.165) is 36.4 Å². The smallest absolute Gasteiger partial charge is 0.314 e. The van der Waals surface area contributed by atoms with Crippen LogP contribution in [-0.2, 0) is 6.42 Å². The maximum Gasteiger partial charge on any atom is 0.314 e. The number of aliphatic hydroxyl groups is 1. The molecule has 0 aromatic carbocycles. The van der Waals surface area contributed by atoms with Crippen LogP contribution >= 0.6 is 22.9 Å². The summed E-state index contributed by atoms with van der Waals surface area (Å²) in [4.78, 5) is 12.8. The molecule has 1 aliphatic carbocycles. The molecule has 1 heterocycles. The molecule has 1 aromatic rings. The van der Waals surface area contributed by atoms with Crippen LogP contribution in [-0.4, -0.2) is 30.3 Å². The van der Waals surface area contributed by atoms with Crippen LogP contribution in [0, 0.1) is 5.92 Å². The lowest BCUT2D eigenvalue weighted by Gasteiger charge is -2.25. The Morgan fingerprint density at radius 2 is 2.25 bits per heavy atom. The van der Waals surface area contributed by atoms with Crippen molar-refractivity contribution in [2.75, 3.05) is 13.1 Å². The summed E-state index contributed by atoms with van der Waals surface area (Å²) in [6.07, 6.45) is 4.44. The number of thiophene rings is 1. The average molecular weight is 317 g/mol. The molecule has 0 radical (unpaired) electrons. The molecule has 20 heavy (non-hydrogen) atoms. The second kappa shape index (κ2) is 7.86. The van der Waals surface area contributed by atoms with Crippen LogP contribution in [0.4, 0.5) is 4.79 Å². The molecular formula is C14H21ClN2O2S. The minimum absolute atomic E-state index is 0.132. The number of urea groups is 1. The van der Waals surface area contributed by atoms with E-state index >= 15 is 0 Å². The molecule has 0 aliphatic heterocycles. The first-order chi connectivity index (χ1) is 9.63. The molecular weight excluding hydrogens is 296 g/mol. The van der Waals surface area contributed by atoms with E-state index in [9.17, 15) is 9.90 Å². The van der Waals surface area contributed by atoms with Gasteiger partial charge in [-0.05, 0) is 43.7 Å². The zero-order valence-corrected chi connectivity index (χ0v) is 13.0. The van der Waals surface area contributed by atoms with Gasteiger partial charge in [-0.1, -0.05) is 18.0 Å². The molecule has 0 bridgehead atoms. The Morgan fingerprint density at radius 3 is 2.95 bits per heavy atom. The van der Waals surface area contributed by atoms with E-state index in [1.54, 1.807) is 11.3 Å². The summed E-state index contributed by atoms with van der Waals surface area (Å²) in [5, 5.41) is 15.3. The highest BCUT2D eigenvalue weighted by Gasteiger charge is 2.20. The predicted molar refractivity (Wildman–Crippen MR) is 82.4 cm³/mol. The Balaban J connectivity index is 1.58. The molecule has 1 aromatic heterocycles. The van der Waals surface area contributed by atoms with Crippen LogP contribution in [0.5, 0.6) is 0 Å². The summed E-state index contributed by atoms with van der Waals surface area (Å²) < 4.78 is 0.778. The van der Waals surface area contributed by atoms with Gasteiger partial charge in [-0.25, -0.2) is 4.79 Å². The van der Waals surface area contributed by atoms with Crippen LogP contribution in [0.25, 0.3) is 0 Å². The molecule has 1 saturated carbocycles. The van der Waals surface area contributed by atoms with Gasteiger partial charge in [0.25, 0.3) is 0 Å². The molecule has 2 amide bonds. The van der Waals surface area contributed by atoms with E-state index in [4.69, 9.17) is 11.6 Å². The lowest BCUT2D eigenvalue weighted by molar-refractivity contribution is 0.101. The third-order valence-corrected chi connectivity index (χ3v) is 4.88. The largest absolute Gasteiger partial charge is 0.393 e. The standard InChI is InChI=1S/C14H21ClN2O2S/c15-13-5-4-12(20-13)6-7-16-14(19)17-9-10-2-1-3-11(18)8-10/h4-5,10-11,18H,1-3,6-9H2,(H2,16,17,19). The zero-order chi connectivity index (χ0) is 14.4. The fraction of sp³-hybridized carbons (Fsp3) is 0.643. The van der Waals surface area contributed by atoms with Crippen molar-refractivity contribution < 1.29 is 9.90 Å². The average Bonchev–Trinajstić information content (AvgIpc) is 2.82. The van der Waals surface area contributed by atoms with Crippen molar-refractivity contribution in [1.29, 1.82) is 0 Å². The molecule has 3 N–H and O–H groups in total. The second-order valence-electron chi connectivity index (χ2n) is 5.28. The summed E-state index contributed by atoms with van der Waals surface area (Å²) in [5.74, 6) is 0.403. The monoisotopic (exact) mass is 316 g/mol. The van der Waals surface area contributed by atoms with Gasteiger partial charge in [0.15, 0.2) is 0 Å². The quantitative estimate of drug-likeness (QED) is 0.782. The SMILES string of the molecule is O=C(NCCc1ccc(Cl)s1)NCC1CCCC(O)C1. The minimum Gasteiger partial charge on any atom is -0.393 e. The maximum atomic E-state index is 11.7. The number of aliphatic hydroxyl groups excluding tert-OH is 1. The Bertz CT molecular complexity index is 439. The Kier molecular flexibility index (Phi) is 6.13. The summed E-state index contributed by atoms with van der Waals surface area (Å²) >= 11 is 7.39. The summed E-state index contributed by atoms with van der Waals surface area (Å²) in [5.41, 5.74) is 0. The van der Waals surface area contributed by atoms with Gasteiger partial charge >= 0.3 is 6.03 Å². The van der Waals surface area contributed by atoms with Gasteiger partial charge < -0.3 is 15.7 Å². The highest BCUT2D eigenvalue weighted by Crippen LogP contribution is 2.23. The molecule has 2 rings (SSSR count). The first-order valence-electron chi connectivity index (χ1n) is 7.07. The van der Waals surface area contributed by atoms with Gasteiger partial charge in [0.05, 0.1) is 10.4 Å². The van der Waals surface area contributed by atoms with Gasteiger partial charge in [-0.2, -0.15) is 0 Å². The number of rotatable bonds is 5. The van der Waals surface area contributed by atoms with E-state index in [1.807, 2.05) is 12.1 Å². The van der Waals surface area contributed by atoms with Crippen molar-refractivity contribution in [2.24, 2.45) is 5.92 Å². The number of hydrogen-bond donors (Lipinski definition) is 3. The third kappa shape index (κ3) is 5.31. The fourth-order valence-corrected chi connectivity index (χ4v) is 3.62. The summed E-state index contributed by atoms with van der Waals surface area (Å²) in [6, 6.07) is 3.72. The molecule has 4 nitrogen and oxygen atoms in total. The highest BCUT2D eigenvalue weighted by atomic mass is 35.5. The predicted octanol–water partition coefficient (Wildman–Crippen LogP) is 2.79. The van der Waals surface area contributed by atoms with E-state index in [2.05, 4.69) is 10.6 Å². The number of carbonyl (C=O) groups is 1. The maximum absolute atomic E-state index is 11.7. The minimum atomic E-state index is -0.192. The number of carbonyl (C=O) groups excluding carboxylic acids is 1. The normalized spacial score (nSPS) is 22.5. The van der Waals surface area contributed by atoms with Crippen molar-refractivity contribution in [1.82, 2.24) is 10.6 Å². The molecule has 112 valence electrons. The first-order valence-corrected chi connectivity index (χ1v) is 8.27. The van der Waals surface area contributed by atoms with Crippen molar-refractivity contribution in [3.63, 3.8) is 0 Å². The first kappa shape index (κ1) is 15.6. The van der Waals surface area contributed by atoms with Crippen LogP contribution in [0.2, 0.25) is 4.34 Å². The van der Waals surface area contributed by atoms with Crippen molar-refractivity contribution in [3.8, 4) is 0 Å². The van der Waals surface area contributed by atoms with Crippen LogP contribution < -0.4 is 10.6 Å². The van der Waals surface area contributed by atoms with Crippen molar-refractivity contribution in [2.45, 2.75) is 38.2 Å². The van der Waals surface area contributed by atoms with Crippen LogP contribution in [0.1, 0.15) is 30.6 Å². The van der Waals surface area contributed by atoms with Gasteiger partial charge in [0.2, 0.25) is 0 Å². The van der Waals surface area contributed by atoms with Crippen LogP contribution in [0.15, 0.2) is 12.1 Å². The van der Waals surface area contributed by atoms with Crippen LogP contribution in [0.3, 0.4) is 0 Å². The van der Waals surface area contributed by atoms with Gasteiger partial charge in [0, 0.05) is 18.0 Å². The van der Waals surface area contributed by atoms with Gasteiger partial charge in [-0.15, -0.1) is 11.3 Å². The van der Waals surface area contributed by atoms with E-state index in [0.29, 0.717) is 19.0 Å². The topological polar surface area (TPSA) is 61.4 Å². The lowest BCUT2D eigenvalue weighted by Crippen LogP contribution is -2.40. The Hall–Kier alpha value is -0.780. The number of hydrogen-bond acceptors (Lipinski definition) is 3. The number of halogens is 1. The van der Waals surface area contributed by atoms with Crippen molar-refractivity contribution in [3.05, 3.63) is 21.3 Å². The molecule has 0 spiro atoms. The number of nitrogens with one attached hydrogen (secondary N) is 2. The van der Waals surface area contributed by atoms with E-state index < -0.39 is 0 Å². The van der Waals surface area contributed by atoms with E-state index in [1.165, 1.54) is 4.88 Å². The molecule has 1 fully saturated rings. The fourth-order valence-electron chi connectivity index (χ4n) is 2.53. The second-order valence-corrected chi connectivity index (χ2v) is 7.08. The molecule has 1 aliphatic rings. The summed E-state index contributed by atoms with van der Waals surface area (Å²) in [6.45, 7) is 1.25. The summed E-state index contributed by atoms with van der Waals surface area (Å²) in [7, 11) is 0.